The number of ether oxygens (including phenoxy) is 1. The van der Waals surface area contributed by atoms with Gasteiger partial charge in [0.1, 0.15) is 25.3 Å². The van der Waals surface area contributed by atoms with E-state index in [-0.39, 0.29) is 93.3 Å². The van der Waals surface area contributed by atoms with Gasteiger partial charge in [-0.3, -0.25) is 24.7 Å². The number of hydrogen-bond donors (Lipinski definition) is 4. The second kappa shape index (κ2) is 16.2. The maximum atomic E-state index is 13.6. The van der Waals surface area contributed by atoms with Crippen LogP contribution in [0.2, 0.25) is 0 Å². The highest BCUT2D eigenvalue weighted by molar-refractivity contribution is 7.86. The van der Waals surface area contributed by atoms with Gasteiger partial charge in [0, 0.05) is 68.7 Å². The summed E-state index contributed by atoms with van der Waals surface area (Å²) in [5.41, 5.74) is 6.15. The Morgan fingerprint density at radius 2 is 1.81 bits per heavy atom. The molecule has 4 aliphatic rings. The van der Waals surface area contributed by atoms with Crippen molar-refractivity contribution in [3.63, 3.8) is 0 Å². The lowest BCUT2D eigenvalue weighted by Crippen LogP contribution is -2.63. The molecule has 0 aliphatic carbocycles. The van der Waals surface area contributed by atoms with Crippen molar-refractivity contribution in [3.8, 4) is 11.8 Å². The summed E-state index contributed by atoms with van der Waals surface area (Å²) < 4.78 is 76.7. The highest BCUT2D eigenvalue weighted by Crippen LogP contribution is 2.34. The van der Waals surface area contributed by atoms with Crippen molar-refractivity contribution in [2.75, 3.05) is 45.2 Å². The Kier molecular flexibility index (Phi) is 11.7. The quantitative estimate of drug-likeness (QED) is 0.153. The molecule has 54 heavy (non-hydrogen) atoms. The van der Waals surface area contributed by atoms with E-state index in [1.165, 1.54) is 26.8 Å². The predicted octanol–water partition coefficient (Wildman–Crippen LogP) is -0.00900. The van der Waals surface area contributed by atoms with Gasteiger partial charge in [0.05, 0.1) is 17.4 Å². The van der Waals surface area contributed by atoms with Gasteiger partial charge >= 0.3 is 6.18 Å². The Bertz CT molecular complexity index is 2020. The van der Waals surface area contributed by atoms with Crippen LogP contribution in [0.3, 0.4) is 0 Å². The van der Waals surface area contributed by atoms with Crippen LogP contribution < -0.4 is 21.4 Å². The number of halogens is 3. The van der Waals surface area contributed by atoms with Crippen molar-refractivity contribution in [1.82, 2.24) is 28.8 Å². The molecule has 5 heterocycles. The maximum absolute atomic E-state index is 13.6. The third-order valence-corrected chi connectivity index (χ3v) is 11.9. The summed E-state index contributed by atoms with van der Waals surface area (Å²) in [6.07, 6.45) is 0.425. The molecule has 0 saturated carbocycles. The lowest BCUT2D eigenvalue weighted by molar-refractivity contribution is -0.412. The molecule has 0 radical (unpaired) electrons. The van der Waals surface area contributed by atoms with Crippen LogP contribution in [0.15, 0.2) is 30.6 Å². The average molecular weight is 773 g/mol. The van der Waals surface area contributed by atoms with Crippen LogP contribution in [0.4, 0.5) is 19.1 Å². The molecule has 3 fully saturated rings. The minimum absolute atomic E-state index is 0.0166. The Labute approximate surface area is 310 Å². The zero-order valence-corrected chi connectivity index (χ0v) is 30.3. The van der Waals surface area contributed by atoms with Crippen molar-refractivity contribution in [2.45, 2.75) is 69.4 Å². The highest BCUT2D eigenvalue weighted by Gasteiger charge is 2.40. The molecule has 19 heteroatoms. The van der Waals surface area contributed by atoms with Crippen molar-refractivity contribution in [3.05, 3.63) is 58.5 Å². The fourth-order valence-corrected chi connectivity index (χ4v) is 8.66. The number of imide groups is 1. The number of alkyl halides is 3. The van der Waals surface area contributed by atoms with Crippen LogP contribution in [0, 0.1) is 11.8 Å². The number of carbonyl (C=O) groups excluding carboxylic acids is 3. The molecule has 1 atom stereocenters. The average Bonchev–Trinajstić information content (AvgIpc) is 3.47. The van der Waals surface area contributed by atoms with E-state index >= 15 is 0 Å². The number of fused-ring (bicyclic) bond motifs is 1. The molecule has 3 amide bonds. The van der Waals surface area contributed by atoms with E-state index in [0.29, 0.717) is 43.0 Å². The summed E-state index contributed by atoms with van der Waals surface area (Å²) in [7, 11) is -2.21. The molecule has 15 nitrogen and oxygen atoms in total. The van der Waals surface area contributed by atoms with Crippen LogP contribution in [-0.2, 0) is 37.3 Å². The number of nitrogens with zero attached hydrogens (tertiary/aromatic N) is 5. The van der Waals surface area contributed by atoms with Gasteiger partial charge in [-0.2, -0.15) is 30.2 Å². The molecule has 1 unspecified atom stereocenters. The summed E-state index contributed by atoms with van der Waals surface area (Å²) in [6, 6.07) is 4.29. The third kappa shape index (κ3) is 8.57. The molecule has 4 aliphatic heterocycles. The summed E-state index contributed by atoms with van der Waals surface area (Å²) in [5, 5.41) is 5.34. The smallest absolute Gasteiger partial charge is 0.404 e. The van der Waals surface area contributed by atoms with Crippen LogP contribution in [0.5, 0.6) is 0 Å². The van der Waals surface area contributed by atoms with Crippen LogP contribution in [0.25, 0.3) is 5.57 Å². The number of carbonyl (C=O) groups is 3. The van der Waals surface area contributed by atoms with E-state index in [0.717, 1.165) is 11.8 Å². The molecule has 1 aromatic carbocycles. The van der Waals surface area contributed by atoms with E-state index in [9.17, 15) is 36.0 Å². The fourth-order valence-electron chi connectivity index (χ4n) is 6.99. The van der Waals surface area contributed by atoms with E-state index in [1.807, 2.05) is 6.07 Å². The zero-order valence-electron chi connectivity index (χ0n) is 29.5. The van der Waals surface area contributed by atoms with E-state index in [2.05, 4.69) is 37.4 Å². The van der Waals surface area contributed by atoms with E-state index < -0.39 is 33.9 Å². The summed E-state index contributed by atoms with van der Waals surface area (Å²) in [4.78, 5) is 48.8. The Morgan fingerprint density at radius 1 is 1.11 bits per heavy atom. The number of piperidine rings is 3. The van der Waals surface area contributed by atoms with Crippen molar-refractivity contribution >= 4 is 45.7 Å². The van der Waals surface area contributed by atoms with E-state index in [4.69, 9.17) is 10.5 Å². The first kappa shape index (κ1) is 38.8. The lowest BCUT2D eigenvalue weighted by atomic mass is 10.0. The number of nitrogens with two attached hydrogens (primary N) is 1. The molecule has 1 aromatic heterocycles. The van der Waals surface area contributed by atoms with Crippen LogP contribution >= 0.6 is 0 Å². The second-order valence-electron chi connectivity index (χ2n) is 13.3. The number of hydrogen-bond acceptors (Lipinski definition) is 10. The summed E-state index contributed by atoms with van der Waals surface area (Å²) >= 11 is 0. The molecular formula is C35H41F3N9O6S+. The van der Waals surface area contributed by atoms with Gasteiger partial charge in [-0.25, -0.2) is 9.97 Å². The lowest BCUT2D eigenvalue weighted by Gasteiger charge is -2.37. The first-order valence-electron chi connectivity index (χ1n) is 17.5. The SMILES string of the molecule is C[NH+]=C/C(=C\N)c1nc(NC2CCN(S(=O)(=O)N3CCC(OCC#Cc4ccc5c(c4)CN(C4CCC(=O)NC4=O)C5=O)CC3)CC2)ncc1C(F)(F)F. The number of anilines is 1. The Morgan fingerprint density at radius 3 is 2.46 bits per heavy atom. The maximum Gasteiger partial charge on any atom is 0.420 e. The summed E-state index contributed by atoms with van der Waals surface area (Å²) in [5.74, 6) is 4.96. The zero-order chi connectivity index (χ0) is 38.6. The van der Waals surface area contributed by atoms with Gasteiger partial charge in [0.25, 0.3) is 16.1 Å². The summed E-state index contributed by atoms with van der Waals surface area (Å²) in [6.45, 7) is 1.39. The molecule has 288 valence electrons. The van der Waals surface area contributed by atoms with Crippen LogP contribution in [0.1, 0.15) is 71.3 Å². The molecule has 5 N–H and O–H groups in total. The Balaban J connectivity index is 0.955. The molecule has 0 bridgehead atoms. The normalized spacial score (nSPS) is 21.3. The molecule has 3 saturated heterocycles. The number of benzene rings is 1. The van der Waals surface area contributed by atoms with Gasteiger partial charge in [-0.15, -0.1) is 0 Å². The van der Waals surface area contributed by atoms with Gasteiger partial charge in [-0.1, -0.05) is 11.8 Å². The first-order valence-corrected chi connectivity index (χ1v) is 18.9. The largest absolute Gasteiger partial charge is 0.420 e. The first-order chi connectivity index (χ1) is 25.8. The third-order valence-electron chi connectivity index (χ3n) is 9.84. The molecular weight excluding hydrogens is 732 g/mol. The molecule has 6 rings (SSSR count). The highest BCUT2D eigenvalue weighted by atomic mass is 32.2. The van der Waals surface area contributed by atoms with Crippen molar-refractivity contribution in [2.24, 2.45) is 5.73 Å². The van der Waals surface area contributed by atoms with Gasteiger partial charge in [0.2, 0.25) is 17.8 Å². The minimum Gasteiger partial charge on any atom is -0.404 e. The number of allylic oxidation sites excluding steroid dienone is 1. The van der Waals surface area contributed by atoms with Crippen molar-refractivity contribution in [1.29, 1.82) is 0 Å². The number of rotatable bonds is 9. The van der Waals surface area contributed by atoms with Gasteiger partial charge in [-0.05, 0) is 55.9 Å². The minimum atomic E-state index is -4.70. The fraction of sp³-hybridized carbons (Fsp3) is 0.486. The standard InChI is InChI=1S/C35H40F3N9O6S/c1-40-19-24(18-39)31-28(35(36,37)38)20-41-34(44-31)42-25-8-12-45(13-9-25)54(51,52)46-14-10-26(11-15-46)53-16-2-3-22-4-5-27-23(17-22)21-47(33(27)50)29-6-7-30(48)43-32(29)49/h4-5,17-20,25-26,29H,6-16,21,39H2,1H3,(H,41,42,44)(H,43,48,49)/p+1/b24-18+,40-19?. The van der Waals surface area contributed by atoms with Gasteiger partial charge < -0.3 is 20.7 Å². The molecule has 0 spiro atoms. The molecule has 2 aromatic rings. The number of nitrogens with one attached hydrogen (secondary N) is 3. The van der Waals surface area contributed by atoms with E-state index in [1.54, 1.807) is 12.1 Å². The van der Waals surface area contributed by atoms with Crippen molar-refractivity contribution < 1.29 is 45.7 Å². The number of aromatic nitrogens is 2. The monoisotopic (exact) mass is 772 g/mol. The second-order valence-corrected chi connectivity index (χ2v) is 15.2. The predicted molar refractivity (Wildman–Crippen MR) is 189 cm³/mol. The Hall–Kier alpha value is -4.90. The number of amides is 3. The topological polar surface area (TPSA) is 194 Å². The van der Waals surface area contributed by atoms with Crippen LogP contribution in [-0.4, -0.2) is 114 Å². The van der Waals surface area contributed by atoms with Gasteiger partial charge in [0.15, 0.2) is 6.21 Å².